The zero-order valence-electron chi connectivity index (χ0n) is 8.93. The Balaban J connectivity index is 3.51. The van der Waals surface area contributed by atoms with Gasteiger partial charge in [-0.2, -0.15) is 0 Å². The molecule has 2 N–H and O–H groups in total. The van der Waals surface area contributed by atoms with Crippen molar-refractivity contribution >= 4 is 0 Å². The maximum absolute atomic E-state index is 9.03. The molecule has 0 aliphatic heterocycles. The first-order chi connectivity index (χ1) is 6.20. The summed E-state index contributed by atoms with van der Waals surface area (Å²) < 4.78 is 0. The molecule has 0 fully saturated rings. The summed E-state index contributed by atoms with van der Waals surface area (Å²) in [5, 5.41) is 12.3. The fourth-order valence-electron chi connectivity index (χ4n) is 1.26. The van der Waals surface area contributed by atoms with Crippen LogP contribution in [0, 0.1) is 17.8 Å². The predicted molar refractivity (Wildman–Crippen MR) is 56.4 cm³/mol. The van der Waals surface area contributed by atoms with Crippen molar-refractivity contribution in [1.29, 1.82) is 0 Å². The minimum Gasteiger partial charge on any atom is -0.395 e. The Hall–Kier alpha value is -0.520. The third-order valence-electron chi connectivity index (χ3n) is 1.84. The van der Waals surface area contributed by atoms with Crippen molar-refractivity contribution < 1.29 is 5.11 Å². The van der Waals surface area contributed by atoms with Crippen LogP contribution in [-0.2, 0) is 0 Å². The van der Waals surface area contributed by atoms with Gasteiger partial charge in [0.25, 0.3) is 0 Å². The molecule has 0 aliphatic carbocycles. The molecule has 76 valence electrons. The van der Waals surface area contributed by atoms with Gasteiger partial charge in [0.05, 0.1) is 6.61 Å². The monoisotopic (exact) mass is 183 g/mol. The van der Waals surface area contributed by atoms with Crippen LogP contribution in [0.2, 0.25) is 0 Å². The summed E-state index contributed by atoms with van der Waals surface area (Å²) in [7, 11) is 0. The van der Waals surface area contributed by atoms with Crippen LogP contribution in [-0.4, -0.2) is 24.3 Å². The van der Waals surface area contributed by atoms with Crippen molar-refractivity contribution in [2.45, 2.75) is 39.7 Å². The van der Waals surface area contributed by atoms with E-state index < -0.39 is 0 Å². The summed E-state index contributed by atoms with van der Waals surface area (Å²) in [5.74, 6) is 6.46. The fraction of sp³-hybridized carbons (Fsp3) is 0.818. The standard InChI is InChI=1S/C11H21NO/c1-4-5-6-7-12-11(9-13)8-10(2)3/h10-13H,6-9H2,1-3H3. The van der Waals surface area contributed by atoms with Gasteiger partial charge >= 0.3 is 0 Å². The van der Waals surface area contributed by atoms with Crippen molar-refractivity contribution in [3.8, 4) is 11.8 Å². The Morgan fingerprint density at radius 2 is 2.08 bits per heavy atom. The van der Waals surface area contributed by atoms with Gasteiger partial charge < -0.3 is 10.4 Å². The Labute approximate surface area is 81.7 Å². The molecule has 0 saturated heterocycles. The molecule has 0 aliphatic rings. The third kappa shape index (κ3) is 7.83. The number of aliphatic hydroxyl groups excluding tert-OH is 1. The average molecular weight is 183 g/mol. The average Bonchev–Trinajstić information content (AvgIpc) is 2.09. The molecule has 0 heterocycles. The number of hydrogen-bond acceptors (Lipinski definition) is 2. The lowest BCUT2D eigenvalue weighted by Gasteiger charge is -2.17. The van der Waals surface area contributed by atoms with Gasteiger partial charge in [0.15, 0.2) is 0 Å². The first-order valence-electron chi connectivity index (χ1n) is 4.94. The molecular formula is C11H21NO. The quantitative estimate of drug-likeness (QED) is 0.482. The molecule has 0 saturated carbocycles. The number of hydrogen-bond donors (Lipinski definition) is 2. The molecule has 0 spiro atoms. The molecule has 0 rings (SSSR count). The summed E-state index contributed by atoms with van der Waals surface area (Å²) in [6.07, 6.45) is 1.89. The van der Waals surface area contributed by atoms with E-state index in [1.807, 2.05) is 6.92 Å². The SMILES string of the molecule is CC#CCCNC(CO)CC(C)C. The summed E-state index contributed by atoms with van der Waals surface area (Å²) in [6.45, 7) is 7.26. The molecule has 0 aromatic rings. The lowest BCUT2D eigenvalue weighted by molar-refractivity contribution is 0.225. The normalized spacial score (nSPS) is 12.4. The van der Waals surface area contributed by atoms with Crippen molar-refractivity contribution in [3.05, 3.63) is 0 Å². The summed E-state index contributed by atoms with van der Waals surface area (Å²) in [5.41, 5.74) is 0. The number of nitrogens with one attached hydrogen (secondary N) is 1. The molecule has 2 heteroatoms. The second-order valence-electron chi connectivity index (χ2n) is 3.64. The zero-order valence-corrected chi connectivity index (χ0v) is 8.93. The Morgan fingerprint density at radius 1 is 1.38 bits per heavy atom. The van der Waals surface area contributed by atoms with Gasteiger partial charge in [0.2, 0.25) is 0 Å². The van der Waals surface area contributed by atoms with Crippen LogP contribution in [0.5, 0.6) is 0 Å². The van der Waals surface area contributed by atoms with E-state index in [0.717, 1.165) is 19.4 Å². The molecule has 0 aromatic heterocycles. The fourth-order valence-corrected chi connectivity index (χ4v) is 1.26. The first-order valence-corrected chi connectivity index (χ1v) is 4.94. The van der Waals surface area contributed by atoms with Crippen molar-refractivity contribution in [1.82, 2.24) is 5.32 Å². The third-order valence-corrected chi connectivity index (χ3v) is 1.84. The highest BCUT2D eigenvalue weighted by atomic mass is 16.3. The van der Waals surface area contributed by atoms with Crippen LogP contribution >= 0.6 is 0 Å². The second-order valence-corrected chi connectivity index (χ2v) is 3.64. The molecule has 0 bridgehead atoms. The second kappa shape index (κ2) is 8.10. The van der Waals surface area contributed by atoms with Crippen molar-refractivity contribution in [2.24, 2.45) is 5.92 Å². The van der Waals surface area contributed by atoms with Crippen LogP contribution < -0.4 is 5.32 Å². The maximum Gasteiger partial charge on any atom is 0.0584 e. The Morgan fingerprint density at radius 3 is 2.54 bits per heavy atom. The number of rotatable bonds is 6. The highest BCUT2D eigenvalue weighted by Gasteiger charge is 2.07. The van der Waals surface area contributed by atoms with Crippen molar-refractivity contribution in [2.75, 3.05) is 13.2 Å². The molecule has 1 atom stereocenters. The van der Waals surface area contributed by atoms with E-state index in [-0.39, 0.29) is 12.6 Å². The van der Waals surface area contributed by atoms with Crippen LogP contribution in [0.25, 0.3) is 0 Å². The van der Waals surface area contributed by atoms with Gasteiger partial charge in [-0.1, -0.05) is 13.8 Å². The molecule has 1 unspecified atom stereocenters. The highest BCUT2D eigenvalue weighted by Crippen LogP contribution is 2.03. The zero-order chi connectivity index (χ0) is 10.1. The smallest absolute Gasteiger partial charge is 0.0584 e. The van der Waals surface area contributed by atoms with Gasteiger partial charge in [-0.25, -0.2) is 0 Å². The van der Waals surface area contributed by atoms with Crippen molar-refractivity contribution in [3.63, 3.8) is 0 Å². The first kappa shape index (κ1) is 12.5. The van der Waals surface area contributed by atoms with Crippen LogP contribution in [0.1, 0.15) is 33.6 Å². The molecule has 0 radical (unpaired) electrons. The van der Waals surface area contributed by atoms with Gasteiger partial charge in [0, 0.05) is 19.0 Å². The topological polar surface area (TPSA) is 32.3 Å². The lowest BCUT2D eigenvalue weighted by Crippen LogP contribution is -2.34. The molecule has 0 aromatic carbocycles. The molecule has 2 nitrogen and oxygen atoms in total. The lowest BCUT2D eigenvalue weighted by atomic mass is 10.0. The summed E-state index contributed by atoms with van der Waals surface area (Å²) >= 11 is 0. The van der Waals surface area contributed by atoms with E-state index >= 15 is 0 Å². The summed E-state index contributed by atoms with van der Waals surface area (Å²) in [4.78, 5) is 0. The van der Waals surface area contributed by atoms with E-state index in [1.165, 1.54) is 0 Å². The van der Waals surface area contributed by atoms with Crippen LogP contribution in [0.3, 0.4) is 0 Å². The van der Waals surface area contributed by atoms with E-state index in [9.17, 15) is 0 Å². The molecule has 0 amide bonds. The summed E-state index contributed by atoms with van der Waals surface area (Å²) in [6, 6.07) is 0.235. The minimum atomic E-state index is 0.220. The highest BCUT2D eigenvalue weighted by molar-refractivity contribution is 4.95. The minimum absolute atomic E-state index is 0.220. The molecule has 13 heavy (non-hydrogen) atoms. The van der Waals surface area contributed by atoms with E-state index in [1.54, 1.807) is 0 Å². The van der Waals surface area contributed by atoms with Gasteiger partial charge in [-0.15, -0.1) is 11.8 Å². The van der Waals surface area contributed by atoms with E-state index in [2.05, 4.69) is 31.0 Å². The maximum atomic E-state index is 9.03. The van der Waals surface area contributed by atoms with Gasteiger partial charge in [-0.05, 0) is 19.3 Å². The van der Waals surface area contributed by atoms with E-state index in [0.29, 0.717) is 5.92 Å². The van der Waals surface area contributed by atoms with E-state index in [4.69, 9.17) is 5.11 Å². The largest absolute Gasteiger partial charge is 0.395 e. The Bertz CT molecular complexity index is 167. The van der Waals surface area contributed by atoms with Gasteiger partial charge in [0.1, 0.15) is 0 Å². The number of aliphatic hydroxyl groups is 1. The Kier molecular flexibility index (Phi) is 7.77. The van der Waals surface area contributed by atoms with Gasteiger partial charge in [-0.3, -0.25) is 0 Å². The molecular weight excluding hydrogens is 162 g/mol. The van der Waals surface area contributed by atoms with Crippen LogP contribution in [0.4, 0.5) is 0 Å². The van der Waals surface area contributed by atoms with Crippen LogP contribution in [0.15, 0.2) is 0 Å². The predicted octanol–water partition coefficient (Wildman–Crippen LogP) is 1.40.